The molecule has 0 amide bonds. The van der Waals surface area contributed by atoms with Crippen molar-refractivity contribution in [3.63, 3.8) is 0 Å². The molecule has 6 nitrogen and oxygen atoms in total. The molecule has 0 saturated carbocycles. The van der Waals surface area contributed by atoms with E-state index in [-0.39, 0.29) is 4.90 Å². The number of ether oxygens (including phenoxy) is 1. The monoisotopic (exact) mass is 441 g/mol. The van der Waals surface area contributed by atoms with Gasteiger partial charge in [-0.25, -0.2) is 8.42 Å². The molecule has 0 bridgehead atoms. The predicted octanol–water partition coefficient (Wildman–Crippen LogP) is 4.03. The minimum absolute atomic E-state index is 0.141. The Morgan fingerprint density at radius 3 is 2.30 bits per heavy atom. The molecule has 0 aliphatic rings. The Morgan fingerprint density at radius 2 is 1.60 bits per heavy atom. The van der Waals surface area contributed by atoms with Crippen LogP contribution in [0.4, 0.5) is 11.4 Å². The lowest BCUT2D eigenvalue weighted by atomic mass is 10.1. The van der Waals surface area contributed by atoms with Crippen molar-refractivity contribution < 1.29 is 13.2 Å². The minimum Gasteiger partial charge on any atom is -0.495 e. The second-order valence-corrected chi connectivity index (χ2v) is 8.54. The molecule has 0 unspecified atom stereocenters. The Balaban J connectivity index is 1.56. The molecule has 30 heavy (non-hydrogen) atoms. The van der Waals surface area contributed by atoms with E-state index in [9.17, 15) is 8.42 Å². The van der Waals surface area contributed by atoms with Gasteiger partial charge < -0.3 is 15.4 Å². The first-order valence-corrected chi connectivity index (χ1v) is 11.2. The predicted molar refractivity (Wildman–Crippen MR) is 125 cm³/mol. The van der Waals surface area contributed by atoms with Gasteiger partial charge in [0.05, 0.1) is 17.7 Å². The quantitative estimate of drug-likeness (QED) is 0.458. The fourth-order valence-corrected chi connectivity index (χ4v) is 4.08. The van der Waals surface area contributed by atoms with Crippen LogP contribution in [-0.2, 0) is 16.4 Å². The molecule has 0 spiro atoms. The van der Waals surface area contributed by atoms with Crippen molar-refractivity contribution in [3.8, 4) is 5.75 Å². The number of thiocarbonyl (C=S) groups is 1. The third kappa shape index (κ3) is 5.95. The Bertz CT molecular complexity index is 1090. The van der Waals surface area contributed by atoms with Crippen LogP contribution in [-0.4, -0.2) is 27.2 Å². The molecule has 0 radical (unpaired) electrons. The summed E-state index contributed by atoms with van der Waals surface area (Å²) in [6.07, 6.45) is 0.856. The van der Waals surface area contributed by atoms with Crippen LogP contribution in [0, 0.1) is 0 Å². The number of hydrogen-bond acceptors (Lipinski definition) is 4. The van der Waals surface area contributed by atoms with E-state index in [0.29, 0.717) is 28.8 Å². The van der Waals surface area contributed by atoms with E-state index in [1.54, 1.807) is 36.4 Å². The fraction of sp³-hybridized carbons (Fsp3) is 0.136. The summed E-state index contributed by atoms with van der Waals surface area (Å²) in [5, 5.41) is 6.69. The molecule has 3 aromatic carbocycles. The van der Waals surface area contributed by atoms with Gasteiger partial charge in [-0.3, -0.25) is 4.72 Å². The number of methoxy groups -OCH3 is 1. The molecule has 8 heteroatoms. The number of anilines is 2. The highest BCUT2D eigenvalue weighted by atomic mass is 32.2. The van der Waals surface area contributed by atoms with E-state index >= 15 is 0 Å². The molecule has 3 N–H and O–H groups in total. The highest BCUT2D eigenvalue weighted by Gasteiger charge is 2.16. The fourth-order valence-electron chi connectivity index (χ4n) is 2.79. The minimum atomic E-state index is -3.74. The first-order valence-electron chi connectivity index (χ1n) is 9.32. The average Bonchev–Trinajstić information content (AvgIpc) is 2.75. The molecular weight excluding hydrogens is 418 g/mol. The zero-order valence-corrected chi connectivity index (χ0v) is 18.1. The molecule has 0 heterocycles. The molecule has 3 rings (SSSR count). The molecule has 156 valence electrons. The van der Waals surface area contributed by atoms with Crippen molar-refractivity contribution >= 4 is 38.7 Å². The van der Waals surface area contributed by atoms with Gasteiger partial charge >= 0.3 is 0 Å². The average molecular weight is 442 g/mol. The van der Waals surface area contributed by atoms with Crippen LogP contribution >= 0.6 is 12.2 Å². The van der Waals surface area contributed by atoms with Gasteiger partial charge in [0.2, 0.25) is 0 Å². The van der Waals surface area contributed by atoms with E-state index in [1.807, 2.05) is 18.2 Å². The maximum absolute atomic E-state index is 12.7. The van der Waals surface area contributed by atoms with Gasteiger partial charge in [-0.2, -0.15) is 0 Å². The Labute approximate surface area is 182 Å². The summed E-state index contributed by atoms with van der Waals surface area (Å²) in [6, 6.07) is 23.3. The first-order chi connectivity index (χ1) is 14.5. The van der Waals surface area contributed by atoms with Gasteiger partial charge in [0.1, 0.15) is 5.75 Å². The second kappa shape index (κ2) is 10.1. The zero-order valence-electron chi connectivity index (χ0n) is 16.5. The van der Waals surface area contributed by atoms with Crippen molar-refractivity contribution in [2.75, 3.05) is 23.7 Å². The van der Waals surface area contributed by atoms with E-state index in [4.69, 9.17) is 17.0 Å². The molecule has 0 fully saturated rings. The maximum atomic E-state index is 12.7. The largest absolute Gasteiger partial charge is 0.495 e. The standard InChI is InChI=1S/C22H23N3O3S2/c1-28-21-10-6-5-9-20(21)25-30(26,27)19-13-11-18(12-14-19)24-22(29)23-16-15-17-7-3-2-4-8-17/h2-14,25H,15-16H2,1H3,(H2,23,24,29). The Kier molecular flexibility index (Phi) is 7.26. The van der Waals surface area contributed by atoms with Crippen molar-refractivity contribution in [2.24, 2.45) is 0 Å². The van der Waals surface area contributed by atoms with E-state index in [1.165, 1.54) is 24.8 Å². The normalized spacial score (nSPS) is 10.8. The smallest absolute Gasteiger partial charge is 0.262 e. The van der Waals surface area contributed by atoms with Gasteiger partial charge in [-0.15, -0.1) is 0 Å². The van der Waals surface area contributed by atoms with Crippen LogP contribution in [0.5, 0.6) is 5.75 Å². The summed E-state index contributed by atoms with van der Waals surface area (Å²) in [6.45, 7) is 0.700. The lowest BCUT2D eigenvalue weighted by Crippen LogP contribution is -2.30. The van der Waals surface area contributed by atoms with Crippen molar-refractivity contribution in [3.05, 3.63) is 84.4 Å². The molecule has 3 aromatic rings. The third-order valence-corrected chi connectivity index (χ3v) is 5.94. The highest BCUT2D eigenvalue weighted by Crippen LogP contribution is 2.26. The van der Waals surface area contributed by atoms with Crippen LogP contribution in [0.1, 0.15) is 5.56 Å². The Hall–Kier alpha value is -3.10. The van der Waals surface area contributed by atoms with Gasteiger partial charge in [-0.05, 0) is 60.6 Å². The van der Waals surface area contributed by atoms with Crippen molar-refractivity contribution in [2.45, 2.75) is 11.3 Å². The van der Waals surface area contributed by atoms with Crippen LogP contribution in [0.3, 0.4) is 0 Å². The van der Waals surface area contributed by atoms with E-state index < -0.39 is 10.0 Å². The topological polar surface area (TPSA) is 79.5 Å². The Morgan fingerprint density at radius 1 is 0.933 bits per heavy atom. The number of benzene rings is 3. The summed E-state index contributed by atoms with van der Waals surface area (Å²) in [5.74, 6) is 0.450. The molecule has 0 saturated heterocycles. The van der Waals surface area contributed by atoms with Crippen molar-refractivity contribution in [1.82, 2.24) is 5.32 Å². The van der Waals surface area contributed by atoms with Crippen LogP contribution in [0.25, 0.3) is 0 Å². The lowest BCUT2D eigenvalue weighted by Gasteiger charge is -2.13. The highest BCUT2D eigenvalue weighted by molar-refractivity contribution is 7.92. The first kappa shape index (κ1) is 21.6. The van der Waals surface area contributed by atoms with E-state index in [2.05, 4.69) is 27.5 Å². The maximum Gasteiger partial charge on any atom is 0.262 e. The number of hydrogen-bond donors (Lipinski definition) is 3. The summed E-state index contributed by atoms with van der Waals surface area (Å²) >= 11 is 5.31. The van der Waals surface area contributed by atoms with Crippen LogP contribution < -0.4 is 20.1 Å². The number of rotatable bonds is 8. The summed E-state index contributed by atoms with van der Waals surface area (Å²) in [5.41, 5.74) is 2.30. The molecule has 0 aliphatic carbocycles. The molecule has 0 atom stereocenters. The van der Waals surface area contributed by atoms with Crippen LogP contribution in [0.15, 0.2) is 83.8 Å². The zero-order chi connectivity index (χ0) is 21.4. The second-order valence-electron chi connectivity index (χ2n) is 6.45. The third-order valence-electron chi connectivity index (χ3n) is 4.32. The number of nitrogens with one attached hydrogen (secondary N) is 3. The van der Waals surface area contributed by atoms with Gasteiger partial charge in [0.15, 0.2) is 5.11 Å². The number of para-hydroxylation sites is 2. The molecule has 0 aliphatic heterocycles. The van der Waals surface area contributed by atoms with E-state index in [0.717, 1.165) is 6.42 Å². The molecular formula is C22H23N3O3S2. The van der Waals surface area contributed by atoms with Crippen molar-refractivity contribution in [1.29, 1.82) is 0 Å². The van der Waals surface area contributed by atoms with Crippen LogP contribution in [0.2, 0.25) is 0 Å². The van der Waals surface area contributed by atoms with Gasteiger partial charge in [0, 0.05) is 12.2 Å². The molecule has 0 aromatic heterocycles. The number of sulfonamides is 1. The lowest BCUT2D eigenvalue weighted by molar-refractivity contribution is 0.417. The summed E-state index contributed by atoms with van der Waals surface area (Å²) in [7, 11) is -2.25. The van der Waals surface area contributed by atoms with Gasteiger partial charge in [-0.1, -0.05) is 42.5 Å². The summed E-state index contributed by atoms with van der Waals surface area (Å²) < 4.78 is 33.0. The van der Waals surface area contributed by atoms with Gasteiger partial charge in [0.25, 0.3) is 10.0 Å². The SMILES string of the molecule is COc1ccccc1NS(=O)(=O)c1ccc(NC(=S)NCCc2ccccc2)cc1. The summed E-state index contributed by atoms with van der Waals surface area (Å²) in [4.78, 5) is 0.141.